The van der Waals surface area contributed by atoms with Gasteiger partial charge in [0.25, 0.3) is 5.91 Å². The molecule has 0 aromatic heterocycles. The zero-order chi connectivity index (χ0) is 17.7. The van der Waals surface area contributed by atoms with Crippen LogP contribution in [0.5, 0.6) is 0 Å². The number of nitrogens with zero attached hydrogens (tertiary/aromatic N) is 2. The summed E-state index contributed by atoms with van der Waals surface area (Å²) in [4.78, 5) is 29.0. The molecule has 5 nitrogen and oxygen atoms in total. The van der Waals surface area contributed by atoms with Gasteiger partial charge in [-0.2, -0.15) is 0 Å². The van der Waals surface area contributed by atoms with Crippen molar-refractivity contribution in [2.75, 3.05) is 32.7 Å². The number of hydrogen-bond acceptors (Lipinski definition) is 3. The molecule has 1 aromatic rings. The van der Waals surface area contributed by atoms with E-state index < -0.39 is 5.41 Å². The molecule has 1 heterocycles. The zero-order valence-electron chi connectivity index (χ0n) is 14.8. The van der Waals surface area contributed by atoms with E-state index in [-0.39, 0.29) is 24.2 Å². The maximum atomic E-state index is 12.8. The van der Waals surface area contributed by atoms with Crippen molar-refractivity contribution >= 4 is 35.8 Å². The van der Waals surface area contributed by atoms with E-state index in [0.717, 1.165) is 12.8 Å². The average Bonchev–Trinajstić information content (AvgIpc) is 2.63. The van der Waals surface area contributed by atoms with Crippen LogP contribution in [0, 0.1) is 5.41 Å². The van der Waals surface area contributed by atoms with Crippen LogP contribution >= 0.6 is 24.0 Å². The second-order valence-electron chi connectivity index (χ2n) is 6.28. The van der Waals surface area contributed by atoms with Gasteiger partial charge in [0.05, 0.1) is 5.41 Å². The summed E-state index contributed by atoms with van der Waals surface area (Å²) in [5.74, 6) is 0.100. The normalized spacial score (nSPS) is 14.9. The Morgan fingerprint density at radius 3 is 1.96 bits per heavy atom. The molecular weight excluding hydrogens is 361 g/mol. The summed E-state index contributed by atoms with van der Waals surface area (Å²) in [6.45, 7) is 6.58. The van der Waals surface area contributed by atoms with E-state index in [2.05, 4.69) is 0 Å². The van der Waals surface area contributed by atoms with Crippen LogP contribution in [0.25, 0.3) is 0 Å². The van der Waals surface area contributed by atoms with Gasteiger partial charge in [0, 0.05) is 43.3 Å². The summed E-state index contributed by atoms with van der Waals surface area (Å²) in [5, 5.41) is 0.610. The minimum atomic E-state index is -0.470. The monoisotopic (exact) mass is 387 g/mol. The molecule has 2 N–H and O–H groups in total. The van der Waals surface area contributed by atoms with E-state index in [0.29, 0.717) is 43.3 Å². The summed E-state index contributed by atoms with van der Waals surface area (Å²) in [6, 6.07) is 6.89. The molecular formula is C18H27Cl2N3O2. The number of benzene rings is 1. The van der Waals surface area contributed by atoms with Crippen molar-refractivity contribution in [2.45, 2.75) is 26.7 Å². The first-order valence-corrected chi connectivity index (χ1v) is 8.89. The van der Waals surface area contributed by atoms with Gasteiger partial charge in [-0.15, -0.1) is 12.4 Å². The summed E-state index contributed by atoms with van der Waals surface area (Å²) >= 11 is 5.86. The molecule has 0 unspecified atom stereocenters. The lowest BCUT2D eigenvalue weighted by molar-refractivity contribution is -0.143. The number of hydrogen-bond donors (Lipinski definition) is 1. The number of carbonyl (C=O) groups is 2. The molecule has 2 rings (SSSR count). The van der Waals surface area contributed by atoms with E-state index >= 15 is 0 Å². The molecule has 1 aliphatic heterocycles. The minimum Gasteiger partial charge on any atom is -0.339 e. The SMILES string of the molecule is CCC(CC)(CN)C(=O)N1CCN(C(=O)c2ccc(Cl)cc2)CC1.Cl. The van der Waals surface area contributed by atoms with E-state index in [4.69, 9.17) is 17.3 Å². The lowest BCUT2D eigenvalue weighted by Gasteiger charge is -2.40. The van der Waals surface area contributed by atoms with E-state index in [1.807, 2.05) is 18.7 Å². The maximum Gasteiger partial charge on any atom is 0.253 e. The number of nitrogens with two attached hydrogens (primary N) is 1. The summed E-state index contributed by atoms with van der Waals surface area (Å²) in [6.07, 6.45) is 1.48. The Kier molecular flexibility index (Phi) is 8.19. The van der Waals surface area contributed by atoms with Crippen LogP contribution in [-0.2, 0) is 4.79 Å². The van der Waals surface area contributed by atoms with Crippen LogP contribution < -0.4 is 5.73 Å². The molecule has 1 saturated heterocycles. The van der Waals surface area contributed by atoms with Crippen LogP contribution in [0.2, 0.25) is 5.02 Å². The molecule has 7 heteroatoms. The molecule has 1 aliphatic rings. The molecule has 2 amide bonds. The maximum absolute atomic E-state index is 12.8. The predicted molar refractivity (Wildman–Crippen MR) is 103 cm³/mol. The average molecular weight is 388 g/mol. The quantitative estimate of drug-likeness (QED) is 0.844. The van der Waals surface area contributed by atoms with Crippen LogP contribution in [-0.4, -0.2) is 54.3 Å². The first-order valence-electron chi connectivity index (χ1n) is 8.51. The summed E-state index contributed by atoms with van der Waals surface area (Å²) in [5.41, 5.74) is 6.03. The van der Waals surface area contributed by atoms with E-state index in [1.165, 1.54) is 0 Å². The van der Waals surface area contributed by atoms with Gasteiger partial charge < -0.3 is 15.5 Å². The van der Waals surface area contributed by atoms with Crippen LogP contribution in [0.4, 0.5) is 0 Å². The number of carbonyl (C=O) groups excluding carboxylic acids is 2. The molecule has 0 bridgehead atoms. The highest BCUT2D eigenvalue weighted by Gasteiger charge is 2.38. The van der Waals surface area contributed by atoms with Gasteiger partial charge in [0.1, 0.15) is 0 Å². The number of piperazine rings is 1. The van der Waals surface area contributed by atoms with Gasteiger partial charge in [-0.1, -0.05) is 25.4 Å². The lowest BCUT2D eigenvalue weighted by atomic mass is 9.81. The van der Waals surface area contributed by atoms with Crippen molar-refractivity contribution in [3.63, 3.8) is 0 Å². The van der Waals surface area contributed by atoms with Crippen LogP contribution in [0.15, 0.2) is 24.3 Å². The van der Waals surface area contributed by atoms with E-state index in [9.17, 15) is 9.59 Å². The van der Waals surface area contributed by atoms with Gasteiger partial charge in [0.2, 0.25) is 5.91 Å². The van der Waals surface area contributed by atoms with Gasteiger partial charge in [-0.3, -0.25) is 9.59 Å². The molecule has 0 spiro atoms. The van der Waals surface area contributed by atoms with E-state index in [1.54, 1.807) is 29.2 Å². The molecule has 1 fully saturated rings. The van der Waals surface area contributed by atoms with Crippen molar-refractivity contribution in [2.24, 2.45) is 11.1 Å². The Morgan fingerprint density at radius 1 is 1.04 bits per heavy atom. The first-order chi connectivity index (χ1) is 11.5. The van der Waals surface area contributed by atoms with Crippen molar-refractivity contribution < 1.29 is 9.59 Å². The molecule has 0 saturated carbocycles. The van der Waals surface area contributed by atoms with Crippen molar-refractivity contribution in [1.29, 1.82) is 0 Å². The Morgan fingerprint density at radius 2 is 1.52 bits per heavy atom. The first kappa shape index (κ1) is 21.7. The van der Waals surface area contributed by atoms with Crippen molar-refractivity contribution in [3.8, 4) is 0 Å². The lowest BCUT2D eigenvalue weighted by Crippen LogP contribution is -2.55. The van der Waals surface area contributed by atoms with Gasteiger partial charge in [0.15, 0.2) is 0 Å². The minimum absolute atomic E-state index is 0. The molecule has 140 valence electrons. The number of halogens is 2. The largest absolute Gasteiger partial charge is 0.339 e. The summed E-state index contributed by atoms with van der Waals surface area (Å²) < 4.78 is 0. The fraction of sp³-hybridized carbons (Fsp3) is 0.556. The Bertz CT molecular complexity index is 572. The second-order valence-corrected chi connectivity index (χ2v) is 6.72. The third-order valence-corrected chi connectivity index (χ3v) is 5.40. The standard InChI is InChI=1S/C18H26ClN3O2.ClH/c1-3-18(4-2,13-20)17(24)22-11-9-21(10-12-22)16(23)14-5-7-15(19)8-6-14;/h5-8H,3-4,9-13,20H2,1-2H3;1H. The molecule has 0 radical (unpaired) electrons. The molecule has 0 aliphatic carbocycles. The van der Waals surface area contributed by atoms with Crippen LogP contribution in [0.3, 0.4) is 0 Å². The Balaban J connectivity index is 0.00000312. The highest BCUT2D eigenvalue weighted by molar-refractivity contribution is 6.30. The fourth-order valence-corrected chi connectivity index (χ4v) is 3.28. The van der Waals surface area contributed by atoms with Crippen molar-refractivity contribution in [3.05, 3.63) is 34.9 Å². The topological polar surface area (TPSA) is 66.6 Å². The highest BCUT2D eigenvalue weighted by Crippen LogP contribution is 2.28. The highest BCUT2D eigenvalue weighted by atomic mass is 35.5. The van der Waals surface area contributed by atoms with Gasteiger partial charge in [-0.05, 0) is 37.1 Å². The zero-order valence-corrected chi connectivity index (χ0v) is 16.4. The van der Waals surface area contributed by atoms with Gasteiger partial charge >= 0.3 is 0 Å². The molecule has 25 heavy (non-hydrogen) atoms. The molecule has 0 atom stereocenters. The smallest absolute Gasteiger partial charge is 0.253 e. The second kappa shape index (κ2) is 9.41. The number of rotatable bonds is 5. The van der Waals surface area contributed by atoms with Crippen molar-refractivity contribution in [1.82, 2.24) is 9.80 Å². The third-order valence-electron chi connectivity index (χ3n) is 5.14. The third kappa shape index (κ3) is 4.66. The Labute approximate surface area is 160 Å². The number of amides is 2. The van der Waals surface area contributed by atoms with Crippen LogP contribution in [0.1, 0.15) is 37.0 Å². The fourth-order valence-electron chi connectivity index (χ4n) is 3.15. The molecule has 1 aromatic carbocycles. The van der Waals surface area contributed by atoms with Gasteiger partial charge in [-0.25, -0.2) is 0 Å². The Hall–Kier alpha value is -1.30. The predicted octanol–water partition coefficient (Wildman–Crippen LogP) is 2.81. The summed E-state index contributed by atoms with van der Waals surface area (Å²) in [7, 11) is 0.